The van der Waals surface area contributed by atoms with Crippen LogP contribution < -0.4 is 4.74 Å². The summed E-state index contributed by atoms with van der Waals surface area (Å²) in [5, 5.41) is 19.9. The third-order valence-corrected chi connectivity index (χ3v) is 3.55. The number of aliphatic hydroxyl groups is 1. The van der Waals surface area contributed by atoms with E-state index in [1.165, 1.54) is 6.20 Å². The van der Waals surface area contributed by atoms with Crippen molar-refractivity contribution in [3.63, 3.8) is 0 Å². The lowest BCUT2D eigenvalue weighted by atomic mass is 10.1. The van der Waals surface area contributed by atoms with Crippen LogP contribution >= 0.6 is 0 Å². The molecule has 25 heavy (non-hydrogen) atoms. The normalized spacial score (nSPS) is 12.8. The molecule has 0 amide bonds. The molecule has 2 aromatic heterocycles. The fourth-order valence-corrected chi connectivity index (χ4v) is 2.14. The van der Waals surface area contributed by atoms with Crippen LogP contribution in [0.15, 0.2) is 43.0 Å². The van der Waals surface area contributed by atoms with Gasteiger partial charge in [-0.2, -0.15) is 8.78 Å². The summed E-state index contributed by atoms with van der Waals surface area (Å²) in [6.07, 6.45) is 1.27. The van der Waals surface area contributed by atoms with Crippen molar-refractivity contribution >= 4 is 0 Å². The first-order valence-electron chi connectivity index (χ1n) is 7.24. The van der Waals surface area contributed by atoms with E-state index in [4.69, 9.17) is 4.74 Å². The molecule has 0 aliphatic carbocycles. The lowest BCUT2D eigenvalue weighted by Gasteiger charge is -2.21. The number of aliphatic hydroxyl groups excluding tert-OH is 1. The monoisotopic (exact) mass is 348 g/mol. The van der Waals surface area contributed by atoms with E-state index in [0.717, 1.165) is 17.2 Å². The first kappa shape index (κ1) is 16.8. The predicted molar refractivity (Wildman–Crippen MR) is 81.7 cm³/mol. The van der Waals surface area contributed by atoms with Gasteiger partial charge in [0.1, 0.15) is 23.9 Å². The molecule has 1 unspecified atom stereocenters. The number of halogens is 2. The summed E-state index contributed by atoms with van der Waals surface area (Å²) in [6, 6.07) is 6.95. The van der Waals surface area contributed by atoms with Crippen molar-refractivity contribution in [2.24, 2.45) is 0 Å². The van der Waals surface area contributed by atoms with E-state index in [9.17, 15) is 13.9 Å². The van der Waals surface area contributed by atoms with Gasteiger partial charge in [0.25, 0.3) is 0 Å². The fourth-order valence-electron chi connectivity index (χ4n) is 2.14. The van der Waals surface area contributed by atoms with Gasteiger partial charge in [0, 0.05) is 5.56 Å². The van der Waals surface area contributed by atoms with E-state index in [1.807, 2.05) is 0 Å². The summed E-state index contributed by atoms with van der Waals surface area (Å²) < 4.78 is 34.7. The molecule has 0 fully saturated rings. The zero-order chi connectivity index (χ0) is 17.9. The van der Waals surface area contributed by atoms with Crippen LogP contribution in [0.4, 0.5) is 8.78 Å². The van der Waals surface area contributed by atoms with E-state index in [-0.39, 0.29) is 0 Å². The maximum Gasteiger partial charge on any atom is 0.318 e. The van der Waals surface area contributed by atoms with Crippen LogP contribution in [-0.2, 0) is 12.5 Å². The predicted octanol–water partition coefficient (Wildman–Crippen LogP) is 1.29. The van der Waals surface area contributed by atoms with Gasteiger partial charge in [0.2, 0.25) is 0 Å². The number of alkyl halides is 2. The second kappa shape index (κ2) is 6.85. The molecule has 3 aromatic rings. The van der Waals surface area contributed by atoms with E-state index >= 15 is 0 Å². The topological polar surface area (TPSA) is 98.8 Å². The van der Waals surface area contributed by atoms with Gasteiger partial charge < -0.3 is 9.84 Å². The summed E-state index contributed by atoms with van der Waals surface area (Å²) in [6.45, 7) is -0.470. The Kier molecular flexibility index (Phi) is 4.61. The molecular formula is C15H14F2N6O2. The number of nitrogens with zero attached hydrogens (tertiary/aromatic N) is 6. The summed E-state index contributed by atoms with van der Waals surface area (Å²) in [5.74, 6) is -2.93. The van der Waals surface area contributed by atoms with Gasteiger partial charge in [0.05, 0.1) is 31.7 Å². The van der Waals surface area contributed by atoms with Gasteiger partial charge in [0.15, 0.2) is 0 Å². The van der Waals surface area contributed by atoms with E-state index in [2.05, 4.69) is 25.5 Å². The van der Waals surface area contributed by atoms with Crippen molar-refractivity contribution in [2.75, 3.05) is 7.11 Å². The Labute approximate surface area is 141 Å². The summed E-state index contributed by atoms with van der Waals surface area (Å²) in [7, 11) is 1.55. The van der Waals surface area contributed by atoms with Gasteiger partial charge in [-0.1, -0.05) is 0 Å². The van der Waals surface area contributed by atoms with Crippen LogP contribution in [0.25, 0.3) is 11.3 Å². The standard InChI is InChI=1S/C15H14F2N6O2/c1-25-11-4-2-10(3-5-11)12-6-19-13(7-18-12)15(16,17)14(24)8-23-9-20-21-22-23/h2-7,9,14,24H,8H2,1H3. The number of ether oxygens (including phenoxy) is 1. The Bertz CT molecular complexity index is 809. The third kappa shape index (κ3) is 3.58. The van der Waals surface area contributed by atoms with Crippen LogP contribution in [0.1, 0.15) is 5.69 Å². The quantitative estimate of drug-likeness (QED) is 0.716. The molecule has 1 N–H and O–H groups in total. The molecule has 0 saturated heterocycles. The number of hydrogen-bond donors (Lipinski definition) is 1. The smallest absolute Gasteiger partial charge is 0.318 e. The lowest BCUT2D eigenvalue weighted by molar-refractivity contribution is -0.125. The van der Waals surface area contributed by atoms with Crippen LogP contribution in [0.5, 0.6) is 5.75 Å². The van der Waals surface area contributed by atoms with Crippen LogP contribution in [-0.4, -0.2) is 48.5 Å². The maximum absolute atomic E-state index is 14.3. The molecule has 0 saturated carbocycles. The number of methoxy groups -OCH3 is 1. The number of rotatable bonds is 6. The Morgan fingerprint density at radius 2 is 1.96 bits per heavy atom. The molecule has 1 atom stereocenters. The number of benzene rings is 1. The van der Waals surface area contributed by atoms with Crippen LogP contribution in [0, 0.1) is 0 Å². The van der Waals surface area contributed by atoms with E-state index in [1.54, 1.807) is 31.4 Å². The highest BCUT2D eigenvalue weighted by Crippen LogP contribution is 2.31. The average Bonchev–Trinajstić information content (AvgIpc) is 3.15. The van der Waals surface area contributed by atoms with Crippen molar-refractivity contribution < 1.29 is 18.6 Å². The molecule has 0 aliphatic heterocycles. The largest absolute Gasteiger partial charge is 0.497 e. The van der Waals surface area contributed by atoms with Crippen molar-refractivity contribution in [3.8, 4) is 17.0 Å². The Morgan fingerprint density at radius 3 is 2.52 bits per heavy atom. The zero-order valence-electron chi connectivity index (χ0n) is 13.1. The number of aromatic nitrogens is 6. The second-order valence-electron chi connectivity index (χ2n) is 5.19. The number of hydrogen-bond acceptors (Lipinski definition) is 7. The Morgan fingerprint density at radius 1 is 1.20 bits per heavy atom. The molecule has 8 nitrogen and oxygen atoms in total. The second-order valence-corrected chi connectivity index (χ2v) is 5.19. The summed E-state index contributed by atoms with van der Waals surface area (Å²) in [5.41, 5.74) is 0.500. The van der Waals surface area contributed by atoms with Crippen molar-refractivity contribution in [3.05, 3.63) is 48.7 Å². The van der Waals surface area contributed by atoms with Crippen LogP contribution in [0.2, 0.25) is 0 Å². The molecule has 0 spiro atoms. The minimum atomic E-state index is -3.60. The Balaban J connectivity index is 1.77. The molecule has 0 radical (unpaired) electrons. The molecule has 2 heterocycles. The zero-order valence-corrected chi connectivity index (χ0v) is 13.1. The van der Waals surface area contributed by atoms with Gasteiger partial charge >= 0.3 is 5.92 Å². The van der Waals surface area contributed by atoms with E-state index in [0.29, 0.717) is 17.0 Å². The van der Waals surface area contributed by atoms with Gasteiger partial charge in [-0.15, -0.1) is 5.10 Å². The minimum Gasteiger partial charge on any atom is -0.497 e. The van der Waals surface area contributed by atoms with Crippen molar-refractivity contribution in [1.29, 1.82) is 0 Å². The minimum absolute atomic E-state index is 0.428. The summed E-state index contributed by atoms with van der Waals surface area (Å²) >= 11 is 0. The average molecular weight is 348 g/mol. The van der Waals surface area contributed by atoms with Crippen molar-refractivity contribution in [1.82, 2.24) is 30.2 Å². The summed E-state index contributed by atoms with van der Waals surface area (Å²) in [4.78, 5) is 7.76. The maximum atomic E-state index is 14.3. The molecule has 0 bridgehead atoms. The molecule has 0 aliphatic rings. The fraction of sp³-hybridized carbons (Fsp3) is 0.267. The number of tetrazole rings is 1. The van der Waals surface area contributed by atoms with Crippen molar-refractivity contribution in [2.45, 2.75) is 18.6 Å². The SMILES string of the molecule is COc1ccc(-c2cnc(C(F)(F)C(O)Cn3cnnn3)cn2)cc1. The molecule has 130 valence electrons. The van der Waals surface area contributed by atoms with Gasteiger partial charge in [-0.05, 0) is 34.7 Å². The highest BCUT2D eigenvalue weighted by molar-refractivity contribution is 5.59. The van der Waals surface area contributed by atoms with Crippen LogP contribution in [0.3, 0.4) is 0 Å². The lowest BCUT2D eigenvalue weighted by Crippen LogP contribution is -2.35. The first-order chi connectivity index (χ1) is 12.0. The molecular weight excluding hydrogens is 334 g/mol. The molecule has 10 heteroatoms. The Hall–Kier alpha value is -3.01. The third-order valence-electron chi connectivity index (χ3n) is 3.55. The molecule has 1 aromatic carbocycles. The van der Waals surface area contributed by atoms with Gasteiger partial charge in [-0.3, -0.25) is 9.97 Å². The first-order valence-corrected chi connectivity index (χ1v) is 7.24. The highest BCUT2D eigenvalue weighted by atomic mass is 19.3. The van der Waals surface area contributed by atoms with E-state index < -0.39 is 24.3 Å². The highest BCUT2D eigenvalue weighted by Gasteiger charge is 2.42. The molecule has 3 rings (SSSR count). The van der Waals surface area contributed by atoms with Gasteiger partial charge in [-0.25, -0.2) is 4.68 Å².